The third-order valence-electron chi connectivity index (χ3n) is 6.46. The zero-order valence-corrected chi connectivity index (χ0v) is 17.5. The molecule has 1 aliphatic carbocycles. The van der Waals surface area contributed by atoms with Crippen LogP contribution in [0.2, 0.25) is 0 Å². The van der Waals surface area contributed by atoms with Gasteiger partial charge in [-0.2, -0.15) is 0 Å². The maximum Gasteiger partial charge on any atom is 0.269 e. The van der Waals surface area contributed by atoms with E-state index in [9.17, 15) is 9.59 Å². The van der Waals surface area contributed by atoms with Crippen LogP contribution in [0.1, 0.15) is 22.5 Å². The molecule has 32 heavy (non-hydrogen) atoms. The second kappa shape index (κ2) is 7.16. The first-order valence-electron chi connectivity index (χ1n) is 10.7. The second-order valence-corrected chi connectivity index (χ2v) is 8.37. The molecule has 2 N–H and O–H groups in total. The SMILES string of the molecule is CNC(=O)c1ccc(N2CCN(Cc3cnc4c(c3)[nH]c(=O)c3ccoc34)[C@@H]3C[C@@H]32)cn1. The molecule has 0 spiro atoms. The van der Waals surface area contributed by atoms with Crippen molar-refractivity contribution in [2.45, 2.75) is 25.0 Å². The smallest absolute Gasteiger partial charge is 0.269 e. The summed E-state index contributed by atoms with van der Waals surface area (Å²) in [4.78, 5) is 40.6. The van der Waals surface area contributed by atoms with Gasteiger partial charge in [0.15, 0.2) is 5.58 Å². The van der Waals surface area contributed by atoms with Crippen molar-refractivity contribution in [3.63, 3.8) is 0 Å². The van der Waals surface area contributed by atoms with Gasteiger partial charge in [-0.25, -0.2) is 4.98 Å². The first-order valence-corrected chi connectivity index (χ1v) is 10.7. The first-order chi connectivity index (χ1) is 15.6. The van der Waals surface area contributed by atoms with Gasteiger partial charge in [-0.3, -0.25) is 19.5 Å². The maximum absolute atomic E-state index is 12.3. The van der Waals surface area contributed by atoms with E-state index in [1.54, 1.807) is 25.4 Å². The summed E-state index contributed by atoms with van der Waals surface area (Å²) < 4.78 is 5.48. The summed E-state index contributed by atoms with van der Waals surface area (Å²) >= 11 is 0. The maximum atomic E-state index is 12.3. The standard InChI is InChI=1S/C23H22N6O3/c1-24-23(31)16-3-2-14(11-25-16)29-6-5-28(18-9-19(18)29)12-13-8-17-20(26-10-13)21-15(4-7-32-21)22(30)27-17/h2-4,7-8,10-11,18-19H,5-6,9,12H2,1H3,(H,24,31)(H,27,30)/t18-,19+/m1/s1. The number of hydrogen-bond donors (Lipinski definition) is 2. The number of nitrogens with one attached hydrogen (secondary N) is 2. The Labute approximate surface area is 183 Å². The van der Waals surface area contributed by atoms with Gasteiger partial charge in [-0.05, 0) is 36.2 Å². The van der Waals surface area contributed by atoms with Crippen LogP contribution in [0.15, 0.2) is 52.1 Å². The highest BCUT2D eigenvalue weighted by Gasteiger charge is 2.48. The number of rotatable bonds is 4. The molecule has 9 nitrogen and oxygen atoms in total. The van der Waals surface area contributed by atoms with Gasteiger partial charge in [0.2, 0.25) is 0 Å². The Morgan fingerprint density at radius 2 is 2.12 bits per heavy atom. The van der Waals surface area contributed by atoms with Crippen molar-refractivity contribution < 1.29 is 9.21 Å². The Morgan fingerprint density at radius 3 is 2.94 bits per heavy atom. The van der Waals surface area contributed by atoms with Gasteiger partial charge in [0.25, 0.3) is 11.5 Å². The number of nitrogens with zero attached hydrogens (tertiary/aromatic N) is 4. The minimum atomic E-state index is -0.177. The van der Waals surface area contributed by atoms with Crippen LogP contribution in [0, 0.1) is 0 Å². The van der Waals surface area contributed by atoms with Crippen LogP contribution in [-0.2, 0) is 6.54 Å². The summed E-state index contributed by atoms with van der Waals surface area (Å²) in [6.07, 6.45) is 6.27. The van der Waals surface area contributed by atoms with Gasteiger partial charge in [0, 0.05) is 45.0 Å². The lowest BCUT2D eigenvalue weighted by Crippen LogP contribution is -2.46. The van der Waals surface area contributed by atoms with Crippen molar-refractivity contribution in [1.82, 2.24) is 25.2 Å². The molecule has 4 aromatic rings. The predicted octanol–water partition coefficient (Wildman–Crippen LogP) is 1.89. The van der Waals surface area contributed by atoms with Crippen LogP contribution in [0.3, 0.4) is 0 Å². The number of hydrogen-bond acceptors (Lipinski definition) is 7. The monoisotopic (exact) mass is 430 g/mol. The molecule has 1 amide bonds. The summed E-state index contributed by atoms with van der Waals surface area (Å²) in [6.45, 7) is 2.60. The number of carbonyl (C=O) groups is 1. The molecule has 2 fully saturated rings. The molecular formula is C23H22N6O3. The minimum absolute atomic E-state index is 0.160. The van der Waals surface area contributed by atoms with Crippen molar-refractivity contribution in [3.8, 4) is 0 Å². The number of aromatic nitrogens is 3. The normalized spacial score (nSPS) is 20.5. The average Bonchev–Trinajstić information content (AvgIpc) is 3.47. The van der Waals surface area contributed by atoms with E-state index in [-0.39, 0.29) is 11.5 Å². The van der Waals surface area contributed by atoms with Gasteiger partial charge >= 0.3 is 0 Å². The number of aromatic amines is 1. The fourth-order valence-electron chi connectivity index (χ4n) is 4.77. The van der Waals surface area contributed by atoms with Gasteiger partial charge in [0.05, 0.1) is 29.1 Å². The highest BCUT2D eigenvalue weighted by atomic mass is 16.3. The molecule has 1 saturated heterocycles. The summed E-state index contributed by atoms with van der Waals surface area (Å²) in [5.41, 5.74) is 4.29. The Bertz CT molecular complexity index is 1390. The van der Waals surface area contributed by atoms with Crippen LogP contribution in [0.5, 0.6) is 0 Å². The highest BCUT2D eigenvalue weighted by molar-refractivity contribution is 5.99. The number of amides is 1. The van der Waals surface area contributed by atoms with Crippen molar-refractivity contribution in [2.24, 2.45) is 0 Å². The summed E-state index contributed by atoms with van der Waals surface area (Å²) in [5, 5.41) is 3.12. The number of piperazine rings is 1. The van der Waals surface area contributed by atoms with E-state index in [2.05, 4.69) is 30.1 Å². The lowest BCUT2D eigenvalue weighted by atomic mass is 10.2. The zero-order valence-electron chi connectivity index (χ0n) is 17.5. The quantitative estimate of drug-likeness (QED) is 0.509. The topological polar surface area (TPSA) is 107 Å². The summed E-state index contributed by atoms with van der Waals surface area (Å²) in [5.74, 6) is -0.177. The van der Waals surface area contributed by atoms with Gasteiger partial charge in [0.1, 0.15) is 11.2 Å². The summed E-state index contributed by atoms with van der Waals surface area (Å²) in [6, 6.07) is 8.34. The van der Waals surface area contributed by atoms with Gasteiger partial charge in [-0.15, -0.1) is 0 Å². The molecule has 4 aromatic heterocycles. The number of furan rings is 1. The third kappa shape index (κ3) is 3.04. The van der Waals surface area contributed by atoms with E-state index in [0.29, 0.717) is 39.8 Å². The van der Waals surface area contributed by atoms with E-state index < -0.39 is 0 Å². The van der Waals surface area contributed by atoms with Crippen LogP contribution in [0.25, 0.3) is 22.0 Å². The van der Waals surface area contributed by atoms with Crippen molar-refractivity contribution in [3.05, 3.63) is 64.5 Å². The molecule has 6 rings (SSSR count). The molecule has 0 bridgehead atoms. The molecule has 2 atom stereocenters. The number of carbonyl (C=O) groups excluding carboxylic acids is 1. The van der Waals surface area contributed by atoms with E-state index in [1.807, 2.05) is 18.3 Å². The van der Waals surface area contributed by atoms with Gasteiger partial charge < -0.3 is 19.6 Å². The molecule has 0 radical (unpaired) electrons. The molecule has 162 valence electrons. The van der Waals surface area contributed by atoms with Crippen molar-refractivity contribution >= 4 is 33.6 Å². The van der Waals surface area contributed by atoms with Crippen LogP contribution < -0.4 is 15.8 Å². The van der Waals surface area contributed by atoms with Crippen LogP contribution in [0.4, 0.5) is 5.69 Å². The number of pyridine rings is 3. The largest absolute Gasteiger partial charge is 0.462 e. The molecule has 5 heterocycles. The molecule has 0 aromatic carbocycles. The van der Waals surface area contributed by atoms with Crippen molar-refractivity contribution in [2.75, 3.05) is 25.0 Å². The fraction of sp³-hybridized carbons (Fsp3) is 0.304. The zero-order chi connectivity index (χ0) is 21.8. The Balaban J connectivity index is 1.18. The Morgan fingerprint density at radius 1 is 1.22 bits per heavy atom. The Hall–Kier alpha value is -3.72. The van der Waals surface area contributed by atoms with E-state index >= 15 is 0 Å². The lowest BCUT2D eigenvalue weighted by Gasteiger charge is -2.35. The molecular weight excluding hydrogens is 408 g/mol. The molecule has 9 heteroatoms. The molecule has 1 saturated carbocycles. The van der Waals surface area contributed by atoms with Crippen LogP contribution in [-0.4, -0.2) is 58.0 Å². The second-order valence-electron chi connectivity index (χ2n) is 8.37. The van der Waals surface area contributed by atoms with Crippen molar-refractivity contribution in [1.29, 1.82) is 0 Å². The Kier molecular flexibility index (Phi) is 4.25. The number of H-pyrrole nitrogens is 1. The average molecular weight is 430 g/mol. The van der Waals surface area contributed by atoms with E-state index in [0.717, 1.165) is 37.3 Å². The van der Waals surface area contributed by atoms with E-state index in [4.69, 9.17) is 4.42 Å². The third-order valence-corrected chi connectivity index (χ3v) is 6.46. The molecule has 2 aliphatic rings. The minimum Gasteiger partial charge on any atom is -0.462 e. The lowest BCUT2D eigenvalue weighted by molar-refractivity contribution is 0.0958. The van der Waals surface area contributed by atoms with E-state index in [1.165, 1.54) is 6.26 Å². The summed E-state index contributed by atoms with van der Waals surface area (Å²) in [7, 11) is 1.60. The predicted molar refractivity (Wildman–Crippen MR) is 120 cm³/mol. The highest BCUT2D eigenvalue weighted by Crippen LogP contribution is 2.40. The fourth-order valence-corrected chi connectivity index (χ4v) is 4.77. The molecule has 0 unspecified atom stereocenters. The number of anilines is 1. The molecule has 1 aliphatic heterocycles. The van der Waals surface area contributed by atoms with Crippen LogP contribution >= 0.6 is 0 Å². The first kappa shape index (κ1) is 19.0. The van der Waals surface area contributed by atoms with Gasteiger partial charge in [-0.1, -0.05) is 0 Å². The number of fused-ring (bicyclic) bond motifs is 4.